The van der Waals surface area contributed by atoms with E-state index in [9.17, 15) is 4.79 Å². The van der Waals surface area contributed by atoms with Gasteiger partial charge in [-0.1, -0.05) is 37.3 Å². The smallest absolute Gasteiger partial charge is 0.263 e. The molecule has 1 unspecified atom stereocenters. The topological polar surface area (TPSA) is 42.0 Å². The van der Waals surface area contributed by atoms with Gasteiger partial charge in [0.2, 0.25) is 0 Å². The van der Waals surface area contributed by atoms with Crippen molar-refractivity contribution in [3.05, 3.63) is 51.5 Å². The minimum atomic E-state index is -0.0116. The number of aryl methyl sites for hydroxylation is 2. The van der Waals surface area contributed by atoms with Gasteiger partial charge in [0.15, 0.2) is 0 Å². The van der Waals surface area contributed by atoms with Gasteiger partial charge in [-0.15, -0.1) is 11.3 Å². The van der Waals surface area contributed by atoms with Gasteiger partial charge in [0, 0.05) is 12.5 Å². The zero-order valence-corrected chi connectivity index (χ0v) is 13.0. The Labute approximate surface area is 124 Å². The fourth-order valence-corrected chi connectivity index (χ4v) is 3.10. The minimum Gasteiger partial charge on any atom is -0.351 e. The van der Waals surface area contributed by atoms with Crippen LogP contribution in [0.15, 0.2) is 30.3 Å². The van der Waals surface area contributed by atoms with Crippen LogP contribution in [0.4, 0.5) is 0 Å². The average Bonchev–Trinajstić information content (AvgIpc) is 2.79. The second kappa shape index (κ2) is 6.66. The molecule has 0 bridgehead atoms. The fraction of sp³-hybridized carbons (Fsp3) is 0.375. The van der Waals surface area contributed by atoms with Crippen molar-refractivity contribution in [2.45, 2.75) is 33.1 Å². The van der Waals surface area contributed by atoms with E-state index in [1.807, 2.05) is 32.0 Å². The lowest BCUT2D eigenvalue weighted by molar-refractivity contribution is 0.0954. The molecule has 0 spiro atoms. The Bertz CT molecular complexity index is 577. The molecule has 4 heteroatoms. The van der Waals surface area contributed by atoms with Crippen molar-refractivity contribution < 1.29 is 4.79 Å². The monoisotopic (exact) mass is 288 g/mol. The van der Waals surface area contributed by atoms with Crippen molar-refractivity contribution in [3.63, 3.8) is 0 Å². The highest BCUT2D eigenvalue weighted by Crippen LogP contribution is 2.20. The predicted molar refractivity (Wildman–Crippen MR) is 83.4 cm³/mol. The molecule has 3 nitrogen and oxygen atoms in total. The molecule has 0 saturated carbocycles. The number of benzene rings is 1. The molecular weight excluding hydrogens is 268 g/mol. The number of nitrogens with zero attached hydrogens (tertiary/aromatic N) is 1. The molecule has 1 amide bonds. The first-order valence-corrected chi connectivity index (χ1v) is 7.70. The molecule has 1 atom stereocenters. The first-order valence-electron chi connectivity index (χ1n) is 6.89. The Morgan fingerprint density at radius 2 is 2.00 bits per heavy atom. The first-order chi connectivity index (χ1) is 9.61. The van der Waals surface area contributed by atoms with Crippen LogP contribution in [0.2, 0.25) is 0 Å². The van der Waals surface area contributed by atoms with E-state index in [1.54, 1.807) is 0 Å². The standard InChI is InChI=1S/C16H20N2OS/c1-4-13(14-8-6-5-7-9-14)10-17-16(19)15-11(2)18-12(3)20-15/h5-9,13H,4,10H2,1-3H3,(H,17,19). The Morgan fingerprint density at radius 1 is 1.30 bits per heavy atom. The van der Waals surface area contributed by atoms with Crippen LogP contribution in [-0.4, -0.2) is 17.4 Å². The number of aromatic nitrogens is 1. The molecule has 106 valence electrons. The fourth-order valence-electron chi connectivity index (χ4n) is 2.26. The highest BCUT2D eigenvalue weighted by atomic mass is 32.1. The van der Waals surface area contributed by atoms with Crippen molar-refractivity contribution in [1.29, 1.82) is 0 Å². The molecule has 1 aromatic carbocycles. The molecule has 0 radical (unpaired) electrons. The summed E-state index contributed by atoms with van der Waals surface area (Å²) >= 11 is 1.45. The lowest BCUT2D eigenvalue weighted by atomic mass is 9.96. The van der Waals surface area contributed by atoms with Crippen molar-refractivity contribution in [2.24, 2.45) is 0 Å². The number of hydrogen-bond donors (Lipinski definition) is 1. The molecule has 1 aromatic heterocycles. The lowest BCUT2D eigenvalue weighted by Gasteiger charge is -2.15. The van der Waals surface area contributed by atoms with Gasteiger partial charge in [-0.2, -0.15) is 0 Å². The molecule has 0 aliphatic carbocycles. The van der Waals surface area contributed by atoms with E-state index in [-0.39, 0.29) is 5.91 Å². The van der Waals surface area contributed by atoms with E-state index in [2.05, 4.69) is 29.4 Å². The van der Waals surface area contributed by atoms with Crippen LogP contribution in [0.3, 0.4) is 0 Å². The highest BCUT2D eigenvalue weighted by molar-refractivity contribution is 7.13. The van der Waals surface area contributed by atoms with Gasteiger partial charge in [0.05, 0.1) is 10.7 Å². The van der Waals surface area contributed by atoms with Crippen LogP contribution in [0.5, 0.6) is 0 Å². The molecule has 2 aromatic rings. The molecule has 2 rings (SSSR count). The van der Waals surface area contributed by atoms with Crippen LogP contribution < -0.4 is 5.32 Å². The normalized spacial score (nSPS) is 12.2. The zero-order chi connectivity index (χ0) is 14.5. The van der Waals surface area contributed by atoms with Crippen LogP contribution in [0, 0.1) is 13.8 Å². The summed E-state index contributed by atoms with van der Waals surface area (Å²) in [6.07, 6.45) is 1.00. The van der Waals surface area contributed by atoms with E-state index in [4.69, 9.17) is 0 Å². The van der Waals surface area contributed by atoms with Crippen LogP contribution in [0.25, 0.3) is 0 Å². The molecule has 0 saturated heterocycles. The third-order valence-corrected chi connectivity index (χ3v) is 4.45. The van der Waals surface area contributed by atoms with E-state index in [1.165, 1.54) is 16.9 Å². The maximum absolute atomic E-state index is 12.2. The maximum Gasteiger partial charge on any atom is 0.263 e. The average molecular weight is 288 g/mol. The van der Waals surface area contributed by atoms with E-state index in [0.717, 1.165) is 22.0 Å². The number of carbonyl (C=O) groups excluding carboxylic acids is 1. The first kappa shape index (κ1) is 14.7. The molecule has 0 aliphatic heterocycles. The predicted octanol–water partition coefficient (Wildman–Crippen LogP) is 3.68. The van der Waals surface area contributed by atoms with Gasteiger partial charge < -0.3 is 5.32 Å². The van der Waals surface area contributed by atoms with Gasteiger partial charge in [0.25, 0.3) is 5.91 Å². The van der Waals surface area contributed by atoms with Crippen LogP contribution >= 0.6 is 11.3 Å². The summed E-state index contributed by atoms with van der Waals surface area (Å²) in [6, 6.07) is 10.3. The van der Waals surface area contributed by atoms with E-state index >= 15 is 0 Å². The van der Waals surface area contributed by atoms with E-state index in [0.29, 0.717) is 12.5 Å². The van der Waals surface area contributed by atoms with E-state index < -0.39 is 0 Å². The molecule has 0 fully saturated rings. The minimum absolute atomic E-state index is 0.0116. The molecular formula is C16H20N2OS. The largest absolute Gasteiger partial charge is 0.351 e. The Morgan fingerprint density at radius 3 is 2.55 bits per heavy atom. The number of nitrogens with one attached hydrogen (secondary N) is 1. The quantitative estimate of drug-likeness (QED) is 0.912. The second-order valence-corrected chi connectivity index (χ2v) is 6.08. The van der Waals surface area contributed by atoms with Crippen LogP contribution in [0.1, 0.15) is 45.2 Å². The second-order valence-electron chi connectivity index (χ2n) is 4.87. The SMILES string of the molecule is CCC(CNC(=O)c1sc(C)nc1C)c1ccccc1. The molecule has 0 aliphatic rings. The van der Waals surface area contributed by atoms with Crippen molar-refractivity contribution >= 4 is 17.2 Å². The highest BCUT2D eigenvalue weighted by Gasteiger charge is 2.15. The number of thiazole rings is 1. The van der Waals surface area contributed by atoms with Gasteiger partial charge in [-0.05, 0) is 25.8 Å². The Hall–Kier alpha value is -1.68. The van der Waals surface area contributed by atoms with Gasteiger partial charge >= 0.3 is 0 Å². The molecule has 1 heterocycles. The Balaban J connectivity index is 2.00. The number of carbonyl (C=O) groups is 1. The summed E-state index contributed by atoms with van der Waals surface area (Å²) < 4.78 is 0. The lowest BCUT2D eigenvalue weighted by Crippen LogP contribution is -2.28. The summed E-state index contributed by atoms with van der Waals surface area (Å²) in [7, 11) is 0. The summed E-state index contributed by atoms with van der Waals surface area (Å²) in [4.78, 5) is 17.2. The number of hydrogen-bond acceptors (Lipinski definition) is 3. The third-order valence-electron chi connectivity index (χ3n) is 3.38. The summed E-state index contributed by atoms with van der Waals surface area (Å²) in [5.41, 5.74) is 2.09. The molecule has 20 heavy (non-hydrogen) atoms. The van der Waals surface area contributed by atoms with Crippen molar-refractivity contribution in [2.75, 3.05) is 6.54 Å². The molecule has 1 N–H and O–H groups in total. The summed E-state index contributed by atoms with van der Waals surface area (Å²) in [5, 5.41) is 3.97. The number of rotatable bonds is 5. The summed E-state index contributed by atoms with van der Waals surface area (Å²) in [6.45, 7) is 6.61. The van der Waals surface area contributed by atoms with Crippen molar-refractivity contribution in [3.8, 4) is 0 Å². The zero-order valence-electron chi connectivity index (χ0n) is 12.1. The van der Waals surface area contributed by atoms with Crippen LogP contribution in [-0.2, 0) is 0 Å². The number of amides is 1. The van der Waals surface area contributed by atoms with Gasteiger partial charge in [-0.3, -0.25) is 4.79 Å². The van der Waals surface area contributed by atoms with Gasteiger partial charge in [-0.25, -0.2) is 4.98 Å². The third kappa shape index (κ3) is 3.45. The summed E-state index contributed by atoms with van der Waals surface area (Å²) in [5.74, 6) is 0.344. The maximum atomic E-state index is 12.2. The van der Waals surface area contributed by atoms with Crippen molar-refractivity contribution in [1.82, 2.24) is 10.3 Å². The Kier molecular flexibility index (Phi) is 4.90. The van der Waals surface area contributed by atoms with Gasteiger partial charge in [0.1, 0.15) is 4.88 Å².